The van der Waals surface area contributed by atoms with Crippen LogP contribution < -0.4 is 5.32 Å². The van der Waals surface area contributed by atoms with Crippen LogP contribution in [0.2, 0.25) is 0 Å². The second-order valence-corrected chi connectivity index (χ2v) is 4.15. The van der Waals surface area contributed by atoms with Gasteiger partial charge in [0.15, 0.2) is 0 Å². The fraction of sp³-hybridized carbons (Fsp3) is 0.333. The minimum absolute atomic E-state index is 0.0364. The van der Waals surface area contributed by atoms with E-state index in [4.69, 9.17) is 5.11 Å². The highest BCUT2D eigenvalue weighted by molar-refractivity contribution is 5.83. The van der Waals surface area contributed by atoms with Crippen LogP contribution in [0.15, 0.2) is 24.3 Å². The number of piperazine rings is 1. The number of hydrogen-bond donors (Lipinski definition) is 2. The van der Waals surface area contributed by atoms with Crippen molar-refractivity contribution in [1.82, 2.24) is 10.2 Å². The third-order valence-electron chi connectivity index (χ3n) is 2.90. The molecule has 6 heteroatoms. The second kappa shape index (κ2) is 5.14. The number of benzene rings is 1. The van der Waals surface area contributed by atoms with Crippen LogP contribution in [0.3, 0.4) is 0 Å². The molecule has 1 unspecified atom stereocenters. The zero-order valence-electron chi connectivity index (χ0n) is 9.60. The number of carbonyl (C=O) groups is 2. The molecule has 0 saturated carbocycles. The Kier molecular flexibility index (Phi) is 3.57. The van der Waals surface area contributed by atoms with E-state index < -0.39 is 17.8 Å². The highest BCUT2D eigenvalue weighted by Gasteiger charge is 2.32. The minimum atomic E-state index is -1.02. The van der Waals surface area contributed by atoms with E-state index in [-0.39, 0.29) is 25.5 Å². The molecule has 1 heterocycles. The number of nitrogens with zero attached hydrogens (tertiary/aromatic N) is 1. The van der Waals surface area contributed by atoms with Gasteiger partial charge in [-0.2, -0.15) is 0 Å². The van der Waals surface area contributed by atoms with Gasteiger partial charge >= 0.3 is 5.97 Å². The summed E-state index contributed by atoms with van der Waals surface area (Å²) in [5.74, 6) is -1.66. The van der Waals surface area contributed by atoms with E-state index in [1.54, 1.807) is 18.2 Å². The van der Waals surface area contributed by atoms with Crippen molar-refractivity contribution in [2.75, 3.05) is 13.1 Å². The Hall–Kier alpha value is -1.95. The smallest absolute Gasteiger partial charge is 0.322 e. The molecule has 1 saturated heterocycles. The van der Waals surface area contributed by atoms with E-state index in [0.717, 1.165) is 0 Å². The summed E-state index contributed by atoms with van der Waals surface area (Å²) in [7, 11) is 0. The molecule has 5 nitrogen and oxygen atoms in total. The lowest BCUT2D eigenvalue weighted by Gasteiger charge is -2.32. The average Bonchev–Trinajstić information content (AvgIpc) is 2.32. The minimum Gasteiger partial charge on any atom is -0.480 e. The molecule has 0 radical (unpaired) electrons. The zero-order chi connectivity index (χ0) is 13.1. The van der Waals surface area contributed by atoms with Crippen molar-refractivity contribution in [2.24, 2.45) is 0 Å². The van der Waals surface area contributed by atoms with Gasteiger partial charge in [-0.3, -0.25) is 14.5 Å². The van der Waals surface area contributed by atoms with Crippen LogP contribution in [0, 0.1) is 5.82 Å². The SMILES string of the molecule is O=C1CN(Cc2ccccc2F)C(C(=O)O)CN1. The summed E-state index contributed by atoms with van der Waals surface area (Å²) in [6.45, 7) is 0.116. The van der Waals surface area contributed by atoms with Crippen LogP contribution >= 0.6 is 0 Å². The lowest BCUT2D eigenvalue weighted by atomic mass is 10.1. The average molecular weight is 252 g/mol. The van der Waals surface area contributed by atoms with Crippen LogP contribution in [0.4, 0.5) is 4.39 Å². The van der Waals surface area contributed by atoms with Crippen molar-refractivity contribution >= 4 is 11.9 Å². The van der Waals surface area contributed by atoms with Gasteiger partial charge in [0.1, 0.15) is 11.9 Å². The Bertz CT molecular complexity index is 478. The Morgan fingerprint density at radius 1 is 1.50 bits per heavy atom. The Labute approximate surface area is 103 Å². The molecule has 1 aromatic rings. The lowest BCUT2D eigenvalue weighted by Crippen LogP contribution is -2.57. The van der Waals surface area contributed by atoms with Crippen LogP contribution in [0.1, 0.15) is 5.56 Å². The monoisotopic (exact) mass is 252 g/mol. The second-order valence-electron chi connectivity index (χ2n) is 4.15. The van der Waals surface area contributed by atoms with Gasteiger partial charge in [-0.25, -0.2) is 4.39 Å². The molecular formula is C12H13FN2O3. The summed E-state index contributed by atoms with van der Waals surface area (Å²) in [5.41, 5.74) is 0.387. The number of rotatable bonds is 3. The Morgan fingerprint density at radius 2 is 2.22 bits per heavy atom. The number of nitrogens with one attached hydrogen (secondary N) is 1. The van der Waals surface area contributed by atoms with Crippen LogP contribution in [0.25, 0.3) is 0 Å². The quantitative estimate of drug-likeness (QED) is 0.807. The summed E-state index contributed by atoms with van der Waals surface area (Å²) in [4.78, 5) is 23.8. The fourth-order valence-electron chi connectivity index (χ4n) is 1.95. The first-order valence-corrected chi connectivity index (χ1v) is 5.55. The van der Waals surface area contributed by atoms with Gasteiger partial charge in [0.25, 0.3) is 0 Å². The van der Waals surface area contributed by atoms with Gasteiger partial charge in [0.2, 0.25) is 5.91 Å². The summed E-state index contributed by atoms with van der Waals surface area (Å²) in [6.07, 6.45) is 0. The van der Waals surface area contributed by atoms with E-state index in [0.29, 0.717) is 5.56 Å². The molecule has 2 rings (SSSR count). The number of aliphatic carboxylic acids is 1. The van der Waals surface area contributed by atoms with Gasteiger partial charge in [0, 0.05) is 18.7 Å². The van der Waals surface area contributed by atoms with E-state index in [2.05, 4.69) is 5.32 Å². The van der Waals surface area contributed by atoms with Crippen molar-refractivity contribution in [3.05, 3.63) is 35.6 Å². The van der Waals surface area contributed by atoms with E-state index in [1.165, 1.54) is 11.0 Å². The van der Waals surface area contributed by atoms with Gasteiger partial charge < -0.3 is 10.4 Å². The van der Waals surface area contributed by atoms with Crippen molar-refractivity contribution in [2.45, 2.75) is 12.6 Å². The summed E-state index contributed by atoms with van der Waals surface area (Å²) >= 11 is 0. The molecule has 0 bridgehead atoms. The molecule has 1 aliphatic rings. The van der Waals surface area contributed by atoms with E-state index >= 15 is 0 Å². The molecule has 1 amide bonds. The normalized spacial score (nSPS) is 20.5. The van der Waals surface area contributed by atoms with Crippen molar-refractivity contribution in [3.63, 3.8) is 0 Å². The first-order valence-electron chi connectivity index (χ1n) is 5.55. The molecule has 2 N–H and O–H groups in total. The van der Waals surface area contributed by atoms with Gasteiger partial charge in [-0.1, -0.05) is 18.2 Å². The molecule has 1 atom stereocenters. The molecular weight excluding hydrogens is 239 g/mol. The molecule has 18 heavy (non-hydrogen) atoms. The van der Waals surface area contributed by atoms with Crippen molar-refractivity contribution in [3.8, 4) is 0 Å². The van der Waals surface area contributed by atoms with Gasteiger partial charge in [-0.15, -0.1) is 0 Å². The third kappa shape index (κ3) is 2.65. The predicted molar refractivity (Wildman–Crippen MR) is 61.2 cm³/mol. The van der Waals surface area contributed by atoms with E-state index in [9.17, 15) is 14.0 Å². The number of halogens is 1. The summed E-state index contributed by atoms with van der Waals surface area (Å²) < 4.78 is 13.5. The molecule has 0 spiro atoms. The highest BCUT2D eigenvalue weighted by Crippen LogP contribution is 2.13. The number of amides is 1. The maximum absolute atomic E-state index is 13.5. The summed E-state index contributed by atoms with van der Waals surface area (Å²) in [6, 6.07) is 5.33. The standard InChI is InChI=1S/C12H13FN2O3/c13-9-4-2-1-3-8(9)6-15-7-11(16)14-5-10(15)12(17)18/h1-4,10H,5-7H2,(H,14,16)(H,17,18). The lowest BCUT2D eigenvalue weighted by molar-refractivity contribution is -0.146. The fourth-order valence-corrected chi connectivity index (χ4v) is 1.95. The van der Waals surface area contributed by atoms with Gasteiger partial charge in [0.05, 0.1) is 6.54 Å². The molecule has 1 aliphatic heterocycles. The first-order chi connectivity index (χ1) is 8.58. The maximum atomic E-state index is 13.5. The molecule has 0 aromatic heterocycles. The number of carboxylic acids is 1. The molecule has 0 aliphatic carbocycles. The van der Waals surface area contributed by atoms with Crippen LogP contribution in [-0.2, 0) is 16.1 Å². The molecule has 1 fully saturated rings. The maximum Gasteiger partial charge on any atom is 0.322 e. The largest absolute Gasteiger partial charge is 0.480 e. The topological polar surface area (TPSA) is 69.6 Å². The van der Waals surface area contributed by atoms with Crippen LogP contribution in [0.5, 0.6) is 0 Å². The first kappa shape index (κ1) is 12.5. The van der Waals surface area contributed by atoms with E-state index in [1.807, 2.05) is 0 Å². The highest BCUT2D eigenvalue weighted by atomic mass is 19.1. The third-order valence-corrected chi connectivity index (χ3v) is 2.90. The number of carboxylic acid groups (broad SMARTS) is 1. The molecule has 1 aromatic carbocycles. The zero-order valence-corrected chi connectivity index (χ0v) is 9.60. The Morgan fingerprint density at radius 3 is 2.89 bits per heavy atom. The van der Waals surface area contributed by atoms with Gasteiger partial charge in [-0.05, 0) is 6.07 Å². The predicted octanol–water partition coefficient (Wildman–Crippen LogP) is 0.211. The van der Waals surface area contributed by atoms with Crippen LogP contribution in [-0.4, -0.2) is 41.0 Å². The summed E-state index contributed by atoms with van der Waals surface area (Å²) in [5, 5.41) is 11.5. The Balaban J connectivity index is 2.16. The number of carbonyl (C=O) groups excluding carboxylic acids is 1. The molecule has 96 valence electrons. The van der Waals surface area contributed by atoms with Crippen molar-refractivity contribution < 1.29 is 19.1 Å². The van der Waals surface area contributed by atoms with Crippen molar-refractivity contribution in [1.29, 1.82) is 0 Å². The number of hydrogen-bond acceptors (Lipinski definition) is 3.